The Kier molecular flexibility index (Phi) is 3.35. The summed E-state index contributed by atoms with van der Waals surface area (Å²) >= 11 is 0. The summed E-state index contributed by atoms with van der Waals surface area (Å²) in [6, 6.07) is 15.3. The molecule has 1 N–H and O–H groups in total. The van der Waals surface area contributed by atoms with E-state index >= 15 is 0 Å². The van der Waals surface area contributed by atoms with Gasteiger partial charge in [-0.2, -0.15) is 0 Å². The normalized spacial score (nSPS) is 12.3. The van der Waals surface area contributed by atoms with Gasteiger partial charge in [-0.1, -0.05) is 36.4 Å². The summed E-state index contributed by atoms with van der Waals surface area (Å²) in [4.78, 5) is 4.21. The Morgan fingerprint density at radius 2 is 1.75 bits per heavy atom. The molecule has 1 unspecified atom stereocenters. The fourth-order valence-electron chi connectivity index (χ4n) is 2.32. The molecule has 0 fully saturated rings. The van der Waals surface area contributed by atoms with Gasteiger partial charge in [0, 0.05) is 23.3 Å². The molecule has 3 heteroatoms. The van der Waals surface area contributed by atoms with Crippen LogP contribution in [-0.2, 0) is 0 Å². The van der Waals surface area contributed by atoms with E-state index in [0.29, 0.717) is 0 Å². The lowest BCUT2D eigenvalue weighted by atomic mass is 9.98. The Morgan fingerprint density at radius 1 is 1.00 bits per heavy atom. The SMILES string of the molecule is COc1ccc(C(O)c2cncc3ccccc23)cc1. The van der Waals surface area contributed by atoms with Crippen molar-refractivity contribution in [3.8, 4) is 5.75 Å². The molecule has 0 aliphatic rings. The van der Waals surface area contributed by atoms with Crippen LogP contribution in [0.1, 0.15) is 17.2 Å². The Bertz CT molecular complexity index is 717. The third-order valence-electron chi connectivity index (χ3n) is 3.43. The molecular formula is C17H15NO2. The standard InChI is InChI=1S/C17H15NO2/c1-20-14-8-6-12(7-9-14)17(19)16-11-18-10-13-4-2-3-5-15(13)16/h2-11,17,19H,1H3. The van der Waals surface area contributed by atoms with E-state index in [1.165, 1.54) is 0 Å². The molecule has 1 aromatic heterocycles. The molecule has 0 aliphatic carbocycles. The maximum Gasteiger partial charge on any atom is 0.118 e. The molecule has 0 saturated heterocycles. The van der Waals surface area contributed by atoms with Gasteiger partial charge in [-0.25, -0.2) is 0 Å². The summed E-state index contributed by atoms with van der Waals surface area (Å²) in [6.45, 7) is 0. The van der Waals surface area contributed by atoms with Gasteiger partial charge >= 0.3 is 0 Å². The highest BCUT2D eigenvalue weighted by Gasteiger charge is 2.13. The van der Waals surface area contributed by atoms with Crippen molar-refractivity contribution >= 4 is 10.8 Å². The Hall–Kier alpha value is -2.39. The van der Waals surface area contributed by atoms with Crippen LogP contribution in [0.15, 0.2) is 60.9 Å². The van der Waals surface area contributed by atoms with Gasteiger partial charge in [0.25, 0.3) is 0 Å². The van der Waals surface area contributed by atoms with E-state index in [1.54, 1.807) is 19.5 Å². The van der Waals surface area contributed by atoms with Gasteiger partial charge in [0.15, 0.2) is 0 Å². The maximum atomic E-state index is 10.6. The summed E-state index contributed by atoms with van der Waals surface area (Å²) in [5.41, 5.74) is 1.64. The molecular weight excluding hydrogens is 250 g/mol. The van der Waals surface area contributed by atoms with Crippen molar-refractivity contribution in [2.45, 2.75) is 6.10 Å². The zero-order valence-electron chi connectivity index (χ0n) is 11.2. The molecule has 0 spiro atoms. The van der Waals surface area contributed by atoms with E-state index in [1.807, 2.05) is 48.5 Å². The average Bonchev–Trinajstić information content (AvgIpc) is 2.54. The average molecular weight is 265 g/mol. The van der Waals surface area contributed by atoms with Gasteiger partial charge in [0.2, 0.25) is 0 Å². The van der Waals surface area contributed by atoms with Crippen LogP contribution < -0.4 is 4.74 Å². The molecule has 3 nitrogen and oxygen atoms in total. The van der Waals surface area contributed by atoms with E-state index in [9.17, 15) is 5.11 Å². The van der Waals surface area contributed by atoms with Crippen molar-refractivity contribution in [2.75, 3.05) is 7.11 Å². The molecule has 0 saturated carbocycles. The molecule has 1 atom stereocenters. The van der Waals surface area contributed by atoms with E-state index in [2.05, 4.69) is 4.98 Å². The first-order valence-electron chi connectivity index (χ1n) is 6.44. The van der Waals surface area contributed by atoms with Crippen LogP contribution in [0.3, 0.4) is 0 Å². The predicted molar refractivity (Wildman–Crippen MR) is 78.8 cm³/mol. The second kappa shape index (κ2) is 5.31. The molecule has 100 valence electrons. The lowest BCUT2D eigenvalue weighted by Crippen LogP contribution is -2.01. The maximum absolute atomic E-state index is 10.6. The van der Waals surface area contributed by atoms with Crippen molar-refractivity contribution in [3.63, 3.8) is 0 Å². The van der Waals surface area contributed by atoms with Crippen molar-refractivity contribution in [1.29, 1.82) is 0 Å². The Labute approximate surface area is 117 Å². The van der Waals surface area contributed by atoms with E-state index in [-0.39, 0.29) is 0 Å². The van der Waals surface area contributed by atoms with Crippen molar-refractivity contribution in [1.82, 2.24) is 4.98 Å². The topological polar surface area (TPSA) is 42.4 Å². The summed E-state index contributed by atoms with van der Waals surface area (Å²) in [5, 5.41) is 12.6. The van der Waals surface area contributed by atoms with E-state index < -0.39 is 6.10 Å². The number of aliphatic hydroxyl groups excluding tert-OH is 1. The highest BCUT2D eigenvalue weighted by molar-refractivity contribution is 5.85. The van der Waals surface area contributed by atoms with Crippen molar-refractivity contribution in [2.24, 2.45) is 0 Å². The molecule has 20 heavy (non-hydrogen) atoms. The largest absolute Gasteiger partial charge is 0.497 e. The Morgan fingerprint density at radius 3 is 2.50 bits per heavy atom. The number of pyridine rings is 1. The quantitative estimate of drug-likeness (QED) is 0.790. The van der Waals surface area contributed by atoms with Crippen LogP contribution in [-0.4, -0.2) is 17.2 Å². The van der Waals surface area contributed by atoms with Crippen LogP contribution in [0.5, 0.6) is 5.75 Å². The summed E-state index contributed by atoms with van der Waals surface area (Å²) in [7, 11) is 1.63. The molecule has 0 aliphatic heterocycles. The molecule has 0 radical (unpaired) electrons. The highest BCUT2D eigenvalue weighted by Crippen LogP contribution is 2.28. The Balaban J connectivity index is 2.05. The summed E-state index contributed by atoms with van der Waals surface area (Å²) < 4.78 is 5.13. The number of nitrogens with zero attached hydrogens (tertiary/aromatic N) is 1. The molecule has 3 aromatic rings. The number of ether oxygens (including phenoxy) is 1. The van der Waals surface area contributed by atoms with Gasteiger partial charge in [-0.15, -0.1) is 0 Å². The van der Waals surface area contributed by atoms with Gasteiger partial charge < -0.3 is 9.84 Å². The second-order valence-corrected chi connectivity index (χ2v) is 4.63. The van der Waals surface area contributed by atoms with Crippen LogP contribution >= 0.6 is 0 Å². The lowest BCUT2D eigenvalue weighted by Gasteiger charge is -2.14. The zero-order chi connectivity index (χ0) is 13.9. The molecule has 3 rings (SSSR count). The number of benzene rings is 2. The number of fused-ring (bicyclic) bond motifs is 1. The predicted octanol–water partition coefficient (Wildman–Crippen LogP) is 3.33. The third kappa shape index (κ3) is 2.24. The lowest BCUT2D eigenvalue weighted by molar-refractivity contribution is 0.221. The molecule has 0 bridgehead atoms. The minimum absolute atomic E-state index is 0.695. The minimum Gasteiger partial charge on any atom is -0.497 e. The highest BCUT2D eigenvalue weighted by atomic mass is 16.5. The monoisotopic (exact) mass is 265 g/mol. The van der Waals surface area contributed by atoms with Crippen molar-refractivity contribution < 1.29 is 9.84 Å². The number of hydrogen-bond acceptors (Lipinski definition) is 3. The van der Waals surface area contributed by atoms with Gasteiger partial charge in [-0.3, -0.25) is 4.98 Å². The van der Waals surface area contributed by atoms with Crippen LogP contribution in [0.25, 0.3) is 10.8 Å². The number of aromatic nitrogens is 1. The smallest absolute Gasteiger partial charge is 0.118 e. The van der Waals surface area contributed by atoms with E-state index in [0.717, 1.165) is 27.6 Å². The fourth-order valence-corrected chi connectivity index (χ4v) is 2.32. The van der Waals surface area contributed by atoms with Crippen LogP contribution in [0.2, 0.25) is 0 Å². The van der Waals surface area contributed by atoms with Gasteiger partial charge in [-0.05, 0) is 23.1 Å². The van der Waals surface area contributed by atoms with E-state index in [4.69, 9.17) is 4.74 Å². The summed E-state index contributed by atoms with van der Waals surface area (Å²) in [5.74, 6) is 0.775. The first kappa shape index (κ1) is 12.6. The van der Waals surface area contributed by atoms with Crippen molar-refractivity contribution in [3.05, 3.63) is 72.1 Å². The minimum atomic E-state index is -0.695. The van der Waals surface area contributed by atoms with Crippen LogP contribution in [0.4, 0.5) is 0 Å². The number of rotatable bonds is 3. The fraction of sp³-hybridized carbons (Fsp3) is 0.118. The first-order chi connectivity index (χ1) is 9.79. The number of aliphatic hydroxyl groups is 1. The van der Waals surface area contributed by atoms with Crippen LogP contribution in [0, 0.1) is 0 Å². The van der Waals surface area contributed by atoms with Gasteiger partial charge in [0.1, 0.15) is 11.9 Å². The molecule has 0 amide bonds. The number of hydrogen-bond donors (Lipinski definition) is 1. The zero-order valence-corrected chi connectivity index (χ0v) is 11.2. The molecule has 1 heterocycles. The third-order valence-corrected chi connectivity index (χ3v) is 3.43. The number of methoxy groups -OCH3 is 1. The summed E-state index contributed by atoms with van der Waals surface area (Å²) in [6.07, 6.45) is 2.83. The second-order valence-electron chi connectivity index (χ2n) is 4.63. The first-order valence-corrected chi connectivity index (χ1v) is 6.44. The van der Waals surface area contributed by atoms with Gasteiger partial charge in [0.05, 0.1) is 7.11 Å². The molecule has 2 aromatic carbocycles.